The summed E-state index contributed by atoms with van der Waals surface area (Å²) in [7, 11) is 0. The van der Waals surface area contributed by atoms with Crippen molar-refractivity contribution in [3.05, 3.63) is 35.3 Å². The van der Waals surface area contributed by atoms with Gasteiger partial charge in [0.05, 0.1) is 11.2 Å². The third-order valence-corrected chi connectivity index (χ3v) is 2.08. The average Bonchev–Trinajstić information content (AvgIpc) is 2.74. The first kappa shape index (κ1) is 10.4. The number of nitrogens with zero attached hydrogens (tertiary/aromatic N) is 2. The number of nitrogens with one attached hydrogen (secondary N) is 1. The standard InChI is InChI=1S/C9H7ClN4O2/c10-6-1-2-7(11)14-8(6)9(15)13-5-3-12-16-4-5/h1-4H,(H2,11,14)(H,13,15). The maximum atomic E-state index is 11.7. The highest BCUT2D eigenvalue weighted by atomic mass is 35.5. The summed E-state index contributed by atoms with van der Waals surface area (Å²) in [6.07, 6.45) is 2.65. The summed E-state index contributed by atoms with van der Waals surface area (Å²) >= 11 is 5.81. The molecule has 0 spiro atoms. The Kier molecular flexibility index (Phi) is 2.74. The molecule has 2 aromatic heterocycles. The molecule has 7 heteroatoms. The van der Waals surface area contributed by atoms with Gasteiger partial charge in [-0.3, -0.25) is 4.79 Å². The zero-order valence-electron chi connectivity index (χ0n) is 7.98. The van der Waals surface area contributed by atoms with Crippen molar-refractivity contribution >= 4 is 29.0 Å². The number of nitrogen functional groups attached to an aromatic ring is 1. The predicted molar refractivity (Wildman–Crippen MR) is 58.1 cm³/mol. The van der Waals surface area contributed by atoms with Crippen molar-refractivity contribution in [2.45, 2.75) is 0 Å². The molecule has 0 radical (unpaired) electrons. The molecule has 0 unspecified atom stereocenters. The first-order valence-electron chi connectivity index (χ1n) is 4.29. The first-order chi connectivity index (χ1) is 7.66. The second-order valence-electron chi connectivity index (χ2n) is 2.93. The molecule has 0 bridgehead atoms. The number of aromatic nitrogens is 2. The molecule has 0 aliphatic rings. The Labute approximate surface area is 95.4 Å². The van der Waals surface area contributed by atoms with Crippen LogP contribution < -0.4 is 11.1 Å². The number of carbonyl (C=O) groups excluding carboxylic acids is 1. The third kappa shape index (κ3) is 2.12. The van der Waals surface area contributed by atoms with Crippen molar-refractivity contribution in [1.82, 2.24) is 10.1 Å². The van der Waals surface area contributed by atoms with E-state index in [0.717, 1.165) is 0 Å². The van der Waals surface area contributed by atoms with Crippen LogP contribution in [0.3, 0.4) is 0 Å². The number of nitrogens with two attached hydrogens (primary N) is 1. The summed E-state index contributed by atoms with van der Waals surface area (Å²) in [6, 6.07) is 3.02. The molecule has 82 valence electrons. The van der Waals surface area contributed by atoms with Gasteiger partial charge in [-0.15, -0.1) is 0 Å². The number of halogens is 1. The van der Waals surface area contributed by atoms with Crippen molar-refractivity contribution in [3.8, 4) is 0 Å². The van der Waals surface area contributed by atoms with E-state index < -0.39 is 5.91 Å². The highest BCUT2D eigenvalue weighted by molar-refractivity contribution is 6.34. The van der Waals surface area contributed by atoms with E-state index in [2.05, 4.69) is 20.0 Å². The van der Waals surface area contributed by atoms with E-state index in [0.29, 0.717) is 5.69 Å². The second-order valence-corrected chi connectivity index (χ2v) is 3.34. The van der Waals surface area contributed by atoms with Crippen LogP contribution in [0.25, 0.3) is 0 Å². The maximum Gasteiger partial charge on any atom is 0.276 e. The largest absolute Gasteiger partial charge is 0.384 e. The summed E-state index contributed by atoms with van der Waals surface area (Å²) in [4.78, 5) is 15.5. The van der Waals surface area contributed by atoms with Crippen LogP contribution >= 0.6 is 11.6 Å². The summed E-state index contributed by atoms with van der Waals surface area (Å²) < 4.78 is 4.56. The van der Waals surface area contributed by atoms with Gasteiger partial charge >= 0.3 is 0 Å². The fourth-order valence-electron chi connectivity index (χ4n) is 1.07. The van der Waals surface area contributed by atoms with E-state index >= 15 is 0 Å². The minimum atomic E-state index is -0.472. The second kappa shape index (κ2) is 4.19. The van der Waals surface area contributed by atoms with Gasteiger partial charge in [-0.25, -0.2) is 4.98 Å². The van der Waals surface area contributed by atoms with Crippen molar-refractivity contribution in [2.75, 3.05) is 11.1 Å². The van der Waals surface area contributed by atoms with Crippen molar-refractivity contribution in [1.29, 1.82) is 0 Å². The molecule has 0 aromatic carbocycles. The first-order valence-corrected chi connectivity index (χ1v) is 4.67. The van der Waals surface area contributed by atoms with E-state index in [1.54, 1.807) is 0 Å². The van der Waals surface area contributed by atoms with Crippen LogP contribution in [0.5, 0.6) is 0 Å². The Morgan fingerprint density at radius 3 is 3.00 bits per heavy atom. The maximum absolute atomic E-state index is 11.7. The van der Waals surface area contributed by atoms with Gasteiger partial charge in [0, 0.05) is 0 Å². The van der Waals surface area contributed by atoms with Crippen LogP contribution in [0.2, 0.25) is 5.02 Å². The molecule has 0 atom stereocenters. The quantitative estimate of drug-likeness (QED) is 0.828. The number of hydrogen-bond donors (Lipinski definition) is 2. The smallest absolute Gasteiger partial charge is 0.276 e. The van der Waals surface area contributed by atoms with Gasteiger partial charge in [0.2, 0.25) is 0 Å². The van der Waals surface area contributed by atoms with Gasteiger partial charge in [0.1, 0.15) is 23.5 Å². The summed E-state index contributed by atoms with van der Waals surface area (Å²) in [6.45, 7) is 0. The normalized spacial score (nSPS) is 10.1. The van der Waals surface area contributed by atoms with E-state index in [-0.39, 0.29) is 16.5 Å². The molecule has 0 aliphatic heterocycles. The average molecular weight is 239 g/mol. The molecule has 2 rings (SSSR count). The molecular weight excluding hydrogens is 232 g/mol. The van der Waals surface area contributed by atoms with Gasteiger partial charge in [0.15, 0.2) is 0 Å². The van der Waals surface area contributed by atoms with Gasteiger partial charge < -0.3 is 15.6 Å². The Morgan fingerprint density at radius 2 is 2.31 bits per heavy atom. The lowest BCUT2D eigenvalue weighted by molar-refractivity contribution is 0.102. The number of pyridine rings is 1. The van der Waals surface area contributed by atoms with E-state index in [9.17, 15) is 4.79 Å². The lowest BCUT2D eigenvalue weighted by atomic mass is 10.3. The van der Waals surface area contributed by atoms with E-state index in [4.69, 9.17) is 17.3 Å². The number of rotatable bonds is 2. The topological polar surface area (TPSA) is 94.0 Å². The highest BCUT2D eigenvalue weighted by Gasteiger charge is 2.13. The zero-order chi connectivity index (χ0) is 11.5. The molecule has 2 aromatic rings. The third-order valence-electron chi connectivity index (χ3n) is 1.77. The van der Waals surface area contributed by atoms with Crippen LogP contribution in [0.4, 0.5) is 11.5 Å². The van der Waals surface area contributed by atoms with Crippen LogP contribution in [-0.2, 0) is 0 Å². The van der Waals surface area contributed by atoms with Gasteiger partial charge in [-0.2, -0.15) is 0 Å². The van der Waals surface area contributed by atoms with Crippen molar-refractivity contribution < 1.29 is 9.32 Å². The molecule has 0 aliphatic carbocycles. The molecule has 16 heavy (non-hydrogen) atoms. The molecule has 6 nitrogen and oxygen atoms in total. The van der Waals surface area contributed by atoms with E-state index in [1.165, 1.54) is 24.6 Å². The molecule has 1 amide bonds. The SMILES string of the molecule is Nc1ccc(Cl)c(C(=O)Nc2cnoc2)n1. The minimum Gasteiger partial charge on any atom is -0.384 e. The number of anilines is 2. The number of amides is 1. The van der Waals surface area contributed by atoms with Crippen LogP contribution in [0.1, 0.15) is 10.5 Å². The number of carbonyl (C=O) groups is 1. The molecule has 0 fully saturated rings. The Hall–Kier alpha value is -2.08. The van der Waals surface area contributed by atoms with E-state index in [1.807, 2.05) is 0 Å². The molecule has 0 saturated carbocycles. The highest BCUT2D eigenvalue weighted by Crippen LogP contribution is 2.16. The monoisotopic (exact) mass is 238 g/mol. The Morgan fingerprint density at radius 1 is 1.50 bits per heavy atom. The van der Waals surface area contributed by atoms with Crippen LogP contribution in [-0.4, -0.2) is 16.0 Å². The molecule has 2 heterocycles. The van der Waals surface area contributed by atoms with Crippen molar-refractivity contribution in [2.24, 2.45) is 0 Å². The fourth-order valence-corrected chi connectivity index (χ4v) is 1.26. The van der Waals surface area contributed by atoms with Gasteiger partial charge in [-0.1, -0.05) is 16.8 Å². The molecule has 3 N–H and O–H groups in total. The molecule has 0 saturated heterocycles. The zero-order valence-corrected chi connectivity index (χ0v) is 8.73. The van der Waals surface area contributed by atoms with Crippen molar-refractivity contribution in [3.63, 3.8) is 0 Å². The number of hydrogen-bond acceptors (Lipinski definition) is 5. The van der Waals surface area contributed by atoms with Gasteiger partial charge in [0.25, 0.3) is 5.91 Å². The predicted octanol–water partition coefficient (Wildman–Crippen LogP) is 1.56. The Balaban J connectivity index is 2.24. The minimum absolute atomic E-state index is 0.0582. The lowest BCUT2D eigenvalue weighted by Gasteiger charge is -2.03. The van der Waals surface area contributed by atoms with Crippen LogP contribution in [0.15, 0.2) is 29.1 Å². The summed E-state index contributed by atoms with van der Waals surface area (Å²) in [5.74, 6) is -0.250. The van der Waals surface area contributed by atoms with Crippen LogP contribution in [0, 0.1) is 0 Å². The van der Waals surface area contributed by atoms with Gasteiger partial charge in [-0.05, 0) is 12.1 Å². The summed E-state index contributed by atoms with van der Waals surface area (Å²) in [5, 5.41) is 6.17. The summed E-state index contributed by atoms with van der Waals surface area (Å²) in [5.41, 5.74) is 5.94. The lowest BCUT2D eigenvalue weighted by Crippen LogP contribution is -2.14. The Bertz CT molecular complexity index is 512. The fraction of sp³-hybridized carbons (Fsp3) is 0. The molecular formula is C9H7ClN4O2.